The van der Waals surface area contributed by atoms with E-state index in [9.17, 15) is 26.4 Å². The molecule has 0 bridgehead atoms. The van der Waals surface area contributed by atoms with Crippen LogP contribution in [0.25, 0.3) is 0 Å². The Bertz CT molecular complexity index is 1230. The monoisotopic (exact) mass is 564 g/mol. The van der Waals surface area contributed by atoms with E-state index in [2.05, 4.69) is 4.90 Å². The SMILES string of the molecule is O=C(NS(=O)(=O)c1cc(F)c(F)cc1F)[C@H]1CC[C@H](N2CCC(Oc3ccc(Cl)c(Cl)c3)CC2)CC1. The Morgan fingerprint density at radius 1 is 0.889 bits per heavy atom. The van der Waals surface area contributed by atoms with Crippen LogP contribution < -0.4 is 9.46 Å². The molecule has 1 saturated heterocycles. The summed E-state index contributed by atoms with van der Waals surface area (Å²) in [5, 5.41) is 0.910. The standard InChI is InChI=1S/C24H25Cl2F3N2O4S/c25-18-6-5-17(11-19(18)26)35-16-7-9-31(10-8-16)15-3-1-14(2-4-15)24(32)30-36(33,34)23-13-21(28)20(27)12-22(23)29/h5-6,11-16H,1-4,7-10H2,(H,30,32)/t14-,15-. The van der Waals surface area contributed by atoms with Gasteiger partial charge in [-0.15, -0.1) is 0 Å². The molecule has 1 N–H and O–H groups in total. The maximum Gasteiger partial charge on any atom is 0.267 e. The number of carbonyl (C=O) groups is 1. The van der Waals surface area contributed by atoms with Gasteiger partial charge in [0, 0.05) is 43.2 Å². The van der Waals surface area contributed by atoms with Gasteiger partial charge in [-0.1, -0.05) is 23.2 Å². The van der Waals surface area contributed by atoms with Gasteiger partial charge in [0.25, 0.3) is 10.0 Å². The first kappa shape index (κ1) is 27.0. The largest absolute Gasteiger partial charge is 0.490 e. The number of likely N-dealkylation sites (tertiary alicyclic amines) is 1. The van der Waals surface area contributed by atoms with Crippen molar-refractivity contribution in [3.05, 3.63) is 57.8 Å². The molecule has 2 aliphatic rings. The highest BCUT2D eigenvalue weighted by molar-refractivity contribution is 7.90. The van der Waals surface area contributed by atoms with Crippen LogP contribution >= 0.6 is 23.2 Å². The van der Waals surface area contributed by atoms with Crippen LogP contribution in [0.3, 0.4) is 0 Å². The zero-order valence-corrected chi connectivity index (χ0v) is 21.5. The van der Waals surface area contributed by atoms with Crippen LogP contribution in [0.1, 0.15) is 38.5 Å². The second-order valence-electron chi connectivity index (χ2n) is 9.10. The fraction of sp³-hybridized carbons (Fsp3) is 0.458. The number of ether oxygens (including phenoxy) is 1. The molecule has 36 heavy (non-hydrogen) atoms. The molecule has 0 spiro atoms. The van der Waals surface area contributed by atoms with Gasteiger partial charge in [0.1, 0.15) is 22.6 Å². The fourth-order valence-corrected chi connectivity index (χ4v) is 6.19. The minimum absolute atomic E-state index is 0.0579. The summed E-state index contributed by atoms with van der Waals surface area (Å²) in [5.74, 6) is -5.17. The average molecular weight is 565 g/mol. The Balaban J connectivity index is 1.25. The first-order chi connectivity index (χ1) is 17.0. The van der Waals surface area contributed by atoms with Crippen molar-refractivity contribution in [2.45, 2.75) is 55.6 Å². The van der Waals surface area contributed by atoms with E-state index < -0.39 is 44.2 Å². The highest BCUT2D eigenvalue weighted by Crippen LogP contribution is 2.32. The molecule has 2 aromatic carbocycles. The molecule has 0 aromatic heterocycles. The summed E-state index contributed by atoms with van der Waals surface area (Å²) < 4.78 is 73.1. The van der Waals surface area contributed by atoms with E-state index >= 15 is 0 Å². The van der Waals surface area contributed by atoms with Gasteiger partial charge in [-0.25, -0.2) is 26.3 Å². The lowest BCUT2D eigenvalue weighted by molar-refractivity contribution is -0.124. The number of benzene rings is 2. The first-order valence-corrected chi connectivity index (χ1v) is 13.8. The van der Waals surface area contributed by atoms with Gasteiger partial charge in [0.05, 0.1) is 10.0 Å². The molecule has 2 fully saturated rings. The minimum Gasteiger partial charge on any atom is -0.490 e. The van der Waals surface area contributed by atoms with E-state index in [1.807, 2.05) is 4.72 Å². The van der Waals surface area contributed by atoms with E-state index in [4.69, 9.17) is 27.9 Å². The van der Waals surface area contributed by atoms with E-state index in [1.54, 1.807) is 18.2 Å². The molecule has 1 heterocycles. The van der Waals surface area contributed by atoms with Crippen molar-refractivity contribution in [1.29, 1.82) is 0 Å². The van der Waals surface area contributed by atoms with Crippen molar-refractivity contribution < 1.29 is 31.1 Å². The number of piperidine rings is 1. The molecule has 0 unspecified atom stereocenters. The molecule has 1 saturated carbocycles. The molecule has 2 aromatic rings. The molecule has 6 nitrogen and oxygen atoms in total. The van der Waals surface area contributed by atoms with E-state index in [-0.39, 0.29) is 24.3 Å². The molecular weight excluding hydrogens is 540 g/mol. The van der Waals surface area contributed by atoms with Gasteiger partial charge < -0.3 is 9.64 Å². The molecule has 1 aliphatic carbocycles. The Kier molecular flexibility index (Phi) is 8.38. The topological polar surface area (TPSA) is 75.7 Å². The van der Waals surface area contributed by atoms with Gasteiger partial charge in [-0.2, -0.15) is 0 Å². The molecule has 0 atom stereocenters. The molecule has 0 radical (unpaired) electrons. The summed E-state index contributed by atoms with van der Waals surface area (Å²) in [4.78, 5) is 13.8. The van der Waals surface area contributed by atoms with Crippen LogP contribution in [0, 0.1) is 23.4 Å². The average Bonchev–Trinajstić information content (AvgIpc) is 2.84. The fourth-order valence-electron chi connectivity index (χ4n) is 4.79. The van der Waals surface area contributed by atoms with Gasteiger partial charge >= 0.3 is 0 Å². The molecule has 196 valence electrons. The second kappa shape index (κ2) is 11.2. The molecule has 1 aliphatic heterocycles. The lowest BCUT2D eigenvalue weighted by Gasteiger charge is -2.40. The second-order valence-corrected chi connectivity index (χ2v) is 11.6. The lowest BCUT2D eigenvalue weighted by atomic mass is 9.84. The summed E-state index contributed by atoms with van der Waals surface area (Å²) in [7, 11) is -4.67. The van der Waals surface area contributed by atoms with Crippen molar-refractivity contribution in [1.82, 2.24) is 9.62 Å². The third-order valence-electron chi connectivity index (χ3n) is 6.75. The maximum absolute atomic E-state index is 13.9. The number of amides is 1. The lowest BCUT2D eigenvalue weighted by Crippen LogP contribution is -2.46. The quantitative estimate of drug-likeness (QED) is 0.481. The van der Waals surface area contributed by atoms with Gasteiger partial charge in [-0.05, 0) is 50.7 Å². The summed E-state index contributed by atoms with van der Waals surface area (Å²) in [5.41, 5.74) is 0. The number of nitrogens with one attached hydrogen (secondary N) is 1. The van der Waals surface area contributed by atoms with Crippen molar-refractivity contribution in [3.8, 4) is 5.75 Å². The van der Waals surface area contributed by atoms with E-state index in [0.717, 1.165) is 25.9 Å². The van der Waals surface area contributed by atoms with Crippen LogP contribution in [0.15, 0.2) is 35.2 Å². The van der Waals surface area contributed by atoms with E-state index in [0.29, 0.717) is 41.5 Å². The Hall–Kier alpha value is -2.01. The molecular formula is C24H25Cl2F3N2O4S. The van der Waals surface area contributed by atoms with Crippen LogP contribution in [0.5, 0.6) is 5.75 Å². The minimum atomic E-state index is -4.67. The maximum atomic E-state index is 13.9. The predicted octanol–water partition coefficient (Wildman–Crippen LogP) is 5.32. The number of carbonyl (C=O) groups excluding carboxylic acids is 1. The van der Waals surface area contributed by atoms with Gasteiger partial charge in [0.2, 0.25) is 5.91 Å². The van der Waals surface area contributed by atoms with Gasteiger partial charge in [0.15, 0.2) is 11.6 Å². The van der Waals surface area contributed by atoms with Crippen LogP contribution in [0.2, 0.25) is 10.0 Å². The van der Waals surface area contributed by atoms with Crippen LogP contribution in [-0.4, -0.2) is 44.5 Å². The number of sulfonamides is 1. The third kappa shape index (κ3) is 6.27. The third-order valence-corrected chi connectivity index (χ3v) is 8.85. The van der Waals surface area contributed by atoms with Crippen molar-refractivity contribution in [2.75, 3.05) is 13.1 Å². The summed E-state index contributed by atoms with van der Waals surface area (Å²) in [6.07, 6.45) is 4.06. The summed E-state index contributed by atoms with van der Waals surface area (Å²) in [6.45, 7) is 1.66. The molecule has 12 heteroatoms. The first-order valence-electron chi connectivity index (χ1n) is 11.6. The van der Waals surface area contributed by atoms with Crippen molar-refractivity contribution in [3.63, 3.8) is 0 Å². The number of rotatable bonds is 6. The van der Waals surface area contributed by atoms with Gasteiger partial charge in [-0.3, -0.25) is 4.79 Å². The Labute approximate surface area is 217 Å². The number of hydrogen-bond acceptors (Lipinski definition) is 5. The van der Waals surface area contributed by atoms with Crippen LogP contribution in [0.4, 0.5) is 13.2 Å². The summed E-state index contributed by atoms with van der Waals surface area (Å²) >= 11 is 12.0. The van der Waals surface area contributed by atoms with Crippen LogP contribution in [-0.2, 0) is 14.8 Å². The molecule has 4 rings (SSSR count). The van der Waals surface area contributed by atoms with Crippen molar-refractivity contribution >= 4 is 39.1 Å². The predicted molar refractivity (Wildman–Crippen MR) is 129 cm³/mol. The number of nitrogens with zero attached hydrogens (tertiary/aromatic N) is 1. The zero-order valence-electron chi connectivity index (χ0n) is 19.2. The number of hydrogen-bond donors (Lipinski definition) is 1. The molecule has 1 amide bonds. The smallest absolute Gasteiger partial charge is 0.267 e. The number of halogens is 5. The Morgan fingerprint density at radius 2 is 1.53 bits per heavy atom. The van der Waals surface area contributed by atoms with Crippen molar-refractivity contribution in [2.24, 2.45) is 5.92 Å². The van der Waals surface area contributed by atoms with E-state index in [1.165, 1.54) is 0 Å². The highest BCUT2D eigenvalue weighted by atomic mass is 35.5. The zero-order chi connectivity index (χ0) is 26.0. The Morgan fingerprint density at radius 3 is 2.17 bits per heavy atom. The highest BCUT2D eigenvalue weighted by Gasteiger charge is 2.34. The summed E-state index contributed by atoms with van der Waals surface area (Å²) in [6, 6.07) is 5.81. The normalized spacial score (nSPS) is 21.8.